The lowest BCUT2D eigenvalue weighted by molar-refractivity contribution is 0.0300. The minimum Gasteiger partial charge on any atom is -0.497 e. The van der Waals surface area contributed by atoms with Crippen molar-refractivity contribution in [1.82, 2.24) is 0 Å². The van der Waals surface area contributed by atoms with Gasteiger partial charge in [0.05, 0.1) is 14.2 Å². The van der Waals surface area contributed by atoms with Crippen molar-refractivity contribution >= 4 is 31.9 Å². The number of methoxy groups -OCH3 is 2. The molecule has 5 heteroatoms. The van der Waals surface area contributed by atoms with Gasteiger partial charge >= 0.3 is 0 Å². The molecule has 0 heterocycles. The van der Waals surface area contributed by atoms with E-state index in [1.807, 2.05) is 24.3 Å². The molecule has 0 radical (unpaired) electrons. The van der Waals surface area contributed by atoms with Gasteiger partial charge in [0.1, 0.15) is 23.7 Å². The molecule has 2 atom stereocenters. The summed E-state index contributed by atoms with van der Waals surface area (Å²) in [5.41, 5.74) is 7.28. The molecular formula is C46H56Br2O3. The van der Waals surface area contributed by atoms with Gasteiger partial charge in [-0.2, -0.15) is 0 Å². The van der Waals surface area contributed by atoms with E-state index in [2.05, 4.69) is 106 Å². The molecule has 3 nitrogen and oxygen atoms in total. The smallest absolute Gasteiger partial charge is 0.118 e. The lowest BCUT2D eigenvalue weighted by Crippen LogP contribution is -2.16. The zero-order valence-electron chi connectivity index (χ0n) is 31.0. The van der Waals surface area contributed by atoms with Crippen molar-refractivity contribution in [2.45, 2.75) is 115 Å². The zero-order valence-corrected chi connectivity index (χ0v) is 34.2. The summed E-state index contributed by atoms with van der Waals surface area (Å²) in [7, 11) is 3.43. The van der Waals surface area contributed by atoms with Crippen LogP contribution in [0.3, 0.4) is 0 Å². The van der Waals surface area contributed by atoms with Gasteiger partial charge in [0.25, 0.3) is 0 Å². The first kappa shape index (κ1) is 38.1. The predicted octanol–water partition coefficient (Wildman–Crippen LogP) is 14.3. The highest BCUT2D eigenvalue weighted by Gasteiger charge is 2.29. The number of halogens is 2. The second kappa shape index (κ2) is 18.4. The van der Waals surface area contributed by atoms with E-state index in [0.717, 1.165) is 54.5 Å². The molecule has 0 N–H and O–H groups in total. The molecule has 51 heavy (non-hydrogen) atoms. The molecule has 2 aliphatic carbocycles. The maximum atomic E-state index is 7.41. The van der Waals surface area contributed by atoms with Gasteiger partial charge < -0.3 is 14.2 Å². The number of rotatable bonds is 14. The molecule has 0 saturated heterocycles. The fourth-order valence-corrected chi connectivity index (χ4v) is 9.97. The fourth-order valence-electron chi connectivity index (χ4n) is 8.76. The Morgan fingerprint density at radius 1 is 0.529 bits per heavy atom. The monoisotopic (exact) mass is 814 g/mol. The standard InChI is InChI=1S/C46H56Br2O3/c1-5-7-31-9-13-33(14-10-31)37-21-27-41(43(47)29-37)45(35-17-23-39(49-3)24-18-35)51-46(36-19-25-40(50-4)26-20-36)42-28-22-38(30-44(42)48)34-15-11-32(8-6-2)12-16-34/h17-34,45-46H,5-16H2,1-4H3/t31-,32?,33-,34?,45?,46?. The Morgan fingerprint density at radius 3 is 1.22 bits per heavy atom. The van der Waals surface area contributed by atoms with Crippen LogP contribution in [-0.2, 0) is 4.74 Å². The van der Waals surface area contributed by atoms with E-state index in [1.165, 1.54) is 88.2 Å². The van der Waals surface area contributed by atoms with Crippen LogP contribution in [0.5, 0.6) is 11.5 Å². The number of ether oxygens (including phenoxy) is 3. The van der Waals surface area contributed by atoms with E-state index in [1.54, 1.807) is 14.2 Å². The Labute approximate surface area is 324 Å². The first-order valence-corrected chi connectivity index (χ1v) is 21.0. The summed E-state index contributed by atoms with van der Waals surface area (Å²) in [5.74, 6) is 4.69. The third kappa shape index (κ3) is 9.50. The summed E-state index contributed by atoms with van der Waals surface area (Å²) in [6.07, 6.45) is 15.1. The zero-order chi connectivity index (χ0) is 35.7. The molecule has 4 aromatic rings. The van der Waals surface area contributed by atoms with E-state index in [4.69, 9.17) is 14.2 Å². The van der Waals surface area contributed by atoms with Crippen molar-refractivity contribution in [3.05, 3.63) is 127 Å². The summed E-state index contributed by atoms with van der Waals surface area (Å²) >= 11 is 8.10. The SMILES string of the molecule is CCCC1CCC(c2ccc(C(OC(c3ccc(OC)cc3)c3ccc([C@H]4CC[C@H](CCC)CC4)cc3Br)c3ccc(OC)cc3)c(Br)c2)CC1. The Hall–Kier alpha value is -2.60. The molecule has 2 saturated carbocycles. The normalized spacial score (nSPS) is 21.9. The molecule has 272 valence electrons. The highest BCUT2D eigenvalue weighted by atomic mass is 79.9. The van der Waals surface area contributed by atoms with E-state index in [0.29, 0.717) is 11.8 Å². The highest BCUT2D eigenvalue weighted by Crippen LogP contribution is 2.45. The van der Waals surface area contributed by atoms with Crippen molar-refractivity contribution in [3.63, 3.8) is 0 Å². The van der Waals surface area contributed by atoms with E-state index in [-0.39, 0.29) is 12.2 Å². The van der Waals surface area contributed by atoms with Crippen molar-refractivity contribution in [2.75, 3.05) is 14.2 Å². The summed E-state index contributed by atoms with van der Waals surface area (Å²) < 4.78 is 20.7. The lowest BCUT2D eigenvalue weighted by atomic mass is 9.77. The van der Waals surface area contributed by atoms with Gasteiger partial charge in [0.15, 0.2) is 0 Å². The first-order valence-electron chi connectivity index (χ1n) is 19.4. The quantitative estimate of drug-likeness (QED) is 0.127. The highest BCUT2D eigenvalue weighted by molar-refractivity contribution is 9.10. The topological polar surface area (TPSA) is 27.7 Å². The van der Waals surface area contributed by atoms with Crippen LogP contribution in [0.4, 0.5) is 0 Å². The Balaban J connectivity index is 1.34. The Bertz CT molecular complexity index is 1540. The minimum atomic E-state index is -0.327. The van der Waals surface area contributed by atoms with Gasteiger partial charge in [0.2, 0.25) is 0 Å². The molecule has 6 rings (SSSR count). The minimum absolute atomic E-state index is 0.327. The van der Waals surface area contributed by atoms with Gasteiger partial charge in [-0.1, -0.05) is 120 Å². The van der Waals surface area contributed by atoms with Gasteiger partial charge in [-0.3, -0.25) is 0 Å². The van der Waals surface area contributed by atoms with Crippen LogP contribution in [0, 0.1) is 11.8 Å². The van der Waals surface area contributed by atoms with Crippen molar-refractivity contribution in [1.29, 1.82) is 0 Å². The molecule has 0 bridgehead atoms. The fraction of sp³-hybridized carbons (Fsp3) is 0.478. The van der Waals surface area contributed by atoms with Crippen LogP contribution in [0.2, 0.25) is 0 Å². The summed E-state index contributed by atoms with van der Waals surface area (Å²) in [6.45, 7) is 4.63. The molecular weight excluding hydrogens is 760 g/mol. The Morgan fingerprint density at radius 2 is 0.902 bits per heavy atom. The van der Waals surface area contributed by atoms with E-state index < -0.39 is 0 Å². The van der Waals surface area contributed by atoms with Crippen LogP contribution in [0.15, 0.2) is 93.9 Å². The second-order valence-corrected chi connectivity index (χ2v) is 16.7. The second-order valence-electron chi connectivity index (χ2n) is 15.0. The third-order valence-electron chi connectivity index (χ3n) is 11.8. The van der Waals surface area contributed by atoms with Crippen molar-refractivity contribution in [2.24, 2.45) is 11.8 Å². The molecule has 2 aliphatic rings. The molecule has 0 aromatic heterocycles. The van der Waals surface area contributed by atoms with Gasteiger partial charge in [0, 0.05) is 8.95 Å². The third-order valence-corrected chi connectivity index (χ3v) is 13.1. The molecule has 2 unspecified atom stereocenters. The van der Waals surface area contributed by atoms with Crippen LogP contribution in [-0.4, -0.2) is 14.2 Å². The summed E-state index contributed by atoms with van der Waals surface area (Å²) in [6, 6.07) is 30.7. The van der Waals surface area contributed by atoms with Crippen LogP contribution in [0.25, 0.3) is 0 Å². The average Bonchev–Trinajstić information content (AvgIpc) is 3.17. The van der Waals surface area contributed by atoms with Crippen molar-refractivity contribution < 1.29 is 14.2 Å². The number of benzene rings is 4. The van der Waals surface area contributed by atoms with Gasteiger partial charge in [-0.15, -0.1) is 0 Å². The molecule has 0 amide bonds. The number of hydrogen-bond donors (Lipinski definition) is 0. The predicted molar refractivity (Wildman–Crippen MR) is 218 cm³/mol. The molecule has 2 fully saturated rings. The molecule has 0 spiro atoms. The summed E-state index contributed by atoms with van der Waals surface area (Å²) in [4.78, 5) is 0. The van der Waals surface area contributed by atoms with Gasteiger partial charge in [-0.05, 0) is 145 Å². The van der Waals surface area contributed by atoms with Gasteiger partial charge in [-0.25, -0.2) is 0 Å². The van der Waals surface area contributed by atoms with E-state index in [9.17, 15) is 0 Å². The van der Waals surface area contributed by atoms with Crippen LogP contribution >= 0.6 is 31.9 Å². The van der Waals surface area contributed by atoms with Crippen molar-refractivity contribution in [3.8, 4) is 11.5 Å². The number of hydrogen-bond acceptors (Lipinski definition) is 3. The van der Waals surface area contributed by atoms with Crippen LogP contribution in [0.1, 0.15) is 148 Å². The van der Waals surface area contributed by atoms with E-state index >= 15 is 0 Å². The maximum Gasteiger partial charge on any atom is 0.118 e. The largest absolute Gasteiger partial charge is 0.497 e. The first-order chi connectivity index (χ1) is 24.9. The maximum absolute atomic E-state index is 7.41. The molecule has 4 aromatic carbocycles. The summed E-state index contributed by atoms with van der Waals surface area (Å²) in [5, 5.41) is 0. The lowest BCUT2D eigenvalue weighted by Gasteiger charge is -2.31. The molecule has 0 aliphatic heterocycles. The Kier molecular flexibility index (Phi) is 13.8. The average molecular weight is 817 g/mol. The van der Waals surface area contributed by atoms with Crippen LogP contribution < -0.4 is 9.47 Å².